The molecule has 2 fully saturated rings. The zero-order valence-electron chi connectivity index (χ0n) is 17.9. The van der Waals surface area contributed by atoms with Gasteiger partial charge in [0.2, 0.25) is 6.29 Å². The molecule has 186 valence electrons. The van der Waals surface area contributed by atoms with Crippen molar-refractivity contribution in [3.8, 4) is 11.5 Å². The number of ether oxygens (including phenoxy) is 5. The van der Waals surface area contributed by atoms with Gasteiger partial charge in [-0.3, -0.25) is 0 Å². The predicted molar refractivity (Wildman–Crippen MR) is 110 cm³/mol. The van der Waals surface area contributed by atoms with Crippen molar-refractivity contribution in [3.63, 3.8) is 0 Å². The van der Waals surface area contributed by atoms with E-state index in [0.29, 0.717) is 5.56 Å². The first-order chi connectivity index (χ1) is 15.8. The van der Waals surface area contributed by atoms with Crippen molar-refractivity contribution in [1.29, 1.82) is 0 Å². The van der Waals surface area contributed by atoms with Gasteiger partial charge in [-0.1, -0.05) is 18.2 Å². The van der Waals surface area contributed by atoms with Crippen LogP contribution in [-0.4, -0.2) is 118 Å². The lowest BCUT2D eigenvalue weighted by Gasteiger charge is -2.42. The van der Waals surface area contributed by atoms with Gasteiger partial charge < -0.3 is 59.4 Å². The van der Waals surface area contributed by atoms with Crippen LogP contribution in [0.4, 0.5) is 0 Å². The van der Waals surface area contributed by atoms with E-state index in [4.69, 9.17) is 28.8 Å². The third-order valence-electron chi connectivity index (χ3n) is 5.54. The Bertz CT molecular complexity index is 803. The molecular formula is C21H30O12. The van der Waals surface area contributed by atoms with Crippen LogP contribution in [0.15, 0.2) is 24.3 Å². The largest absolute Gasteiger partial charge is 0.493 e. The van der Waals surface area contributed by atoms with Crippen molar-refractivity contribution in [2.75, 3.05) is 33.5 Å². The first-order valence-electron chi connectivity index (χ1n) is 10.3. The minimum Gasteiger partial charge on any atom is -0.493 e. The highest BCUT2D eigenvalue weighted by Gasteiger charge is 2.53. The summed E-state index contributed by atoms with van der Waals surface area (Å²) >= 11 is 0. The summed E-state index contributed by atoms with van der Waals surface area (Å²) < 4.78 is 27.6. The Labute approximate surface area is 189 Å². The van der Waals surface area contributed by atoms with Crippen LogP contribution >= 0.6 is 0 Å². The fourth-order valence-electron chi connectivity index (χ4n) is 3.56. The summed E-state index contributed by atoms with van der Waals surface area (Å²) in [4.78, 5) is 0. The maximum Gasteiger partial charge on any atom is 0.229 e. The van der Waals surface area contributed by atoms with E-state index in [0.717, 1.165) is 0 Å². The SMILES string of the molecule is COc1cc(C=CCO)ccc1O[C@@H]1O[C@H](CO)[C@@H](O)[C@H](O)[C@H]1O[C@@H]1OC[C@](O)(CO)[C@H]1O. The molecule has 8 atom stereocenters. The highest BCUT2D eigenvalue weighted by atomic mass is 16.8. The van der Waals surface area contributed by atoms with Crippen molar-refractivity contribution in [1.82, 2.24) is 0 Å². The zero-order valence-corrected chi connectivity index (χ0v) is 17.9. The normalized spacial score (nSPS) is 36.9. The van der Waals surface area contributed by atoms with Gasteiger partial charge in [0.25, 0.3) is 0 Å². The van der Waals surface area contributed by atoms with Crippen LogP contribution in [0, 0.1) is 0 Å². The van der Waals surface area contributed by atoms with E-state index in [1.54, 1.807) is 24.3 Å². The second kappa shape index (κ2) is 11.1. The number of hydrogen-bond acceptors (Lipinski definition) is 12. The molecule has 0 unspecified atom stereocenters. The van der Waals surface area contributed by atoms with E-state index < -0.39 is 68.5 Å². The lowest BCUT2D eigenvalue weighted by Crippen LogP contribution is -2.62. The number of rotatable bonds is 9. The van der Waals surface area contributed by atoms with Gasteiger partial charge in [-0.05, 0) is 17.7 Å². The smallest absolute Gasteiger partial charge is 0.229 e. The summed E-state index contributed by atoms with van der Waals surface area (Å²) in [7, 11) is 1.41. The van der Waals surface area contributed by atoms with Crippen molar-refractivity contribution in [2.45, 2.75) is 48.7 Å². The zero-order chi connectivity index (χ0) is 24.2. The van der Waals surface area contributed by atoms with Crippen LogP contribution in [0.25, 0.3) is 6.08 Å². The molecule has 3 rings (SSSR count). The predicted octanol–water partition coefficient (Wildman–Crippen LogP) is -2.66. The summed E-state index contributed by atoms with van der Waals surface area (Å²) in [5.74, 6) is 0.461. The summed E-state index contributed by atoms with van der Waals surface area (Å²) in [6, 6.07) is 4.84. The molecule has 0 bridgehead atoms. The van der Waals surface area contributed by atoms with Gasteiger partial charge in [-0.25, -0.2) is 0 Å². The van der Waals surface area contributed by atoms with E-state index in [1.807, 2.05) is 0 Å². The molecule has 0 saturated carbocycles. The van der Waals surface area contributed by atoms with E-state index in [1.165, 1.54) is 13.2 Å². The molecule has 1 aromatic rings. The van der Waals surface area contributed by atoms with Crippen molar-refractivity contribution in [2.24, 2.45) is 0 Å². The summed E-state index contributed by atoms with van der Waals surface area (Å²) in [5.41, 5.74) is -1.26. The van der Waals surface area contributed by atoms with Gasteiger partial charge in [0, 0.05) is 0 Å². The van der Waals surface area contributed by atoms with Gasteiger partial charge >= 0.3 is 0 Å². The highest BCUT2D eigenvalue weighted by molar-refractivity contribution is 5.56. The second-order valence-corrected chi connectivity index (χ2v) is 7.81. The molecule has 0 amide bonds. The first-order valence-corrected chi connectivity index (χ1v) is 10.3. The van der Waals surface area contributed by atoms with Gasteiger partial charge in [0.1, 0.15) is 30.0 Å². The average Bonchev–Trinajstić information content (AvgIpc) is 3.11. The number of hydrogen-bond donors (Lipinski definition) is 7. The molecular weight excluding hydrogens is 444 g/mol. The third kappa shape index (κ3) is 5.46. The molecule has 1 aromatic carbocycles. The molecule has 0 aliphatic carbocycles. The van der Waals surface area contributed by atoms with Gasteiger partial charge in [-0.15, -0.1) is 0 Å². The van der Waals surface area contributed by atoms with Crippen LogP contribution in [-0.2, 0) is 14.2 Å². The number of aliphatic hydroxyl groups excluding tert-OH is 6. The van der Waals surface area contributed by atoms with Gasteiger partial charge in [0.05, 0.1) is 33.5 Å². The van der Waals surface area contributed by atoms with E-state index >= 15 is 0 Å². The Kier molecular flexibility index (Phi) is 8.64. The number of aliphatic hydroxyl groups is 7. The van der Waals surface area contributed by atoms with E-state index in [-0.39, 0.29) is 18.1 Å². The van der Waals surface area contributed by atoms with Crippen LogP contribution in [0.1, 0.15) is 5.56 Å². The molecule has 0 spiro atoms. The van der Waals surface area contributed by atoms with Crippen molar-refractivity contribution < 1.29 is 59.4 Å². The second-order valence-electron chi connectivity index (χ2n) is 7.81. The molecule has 12 heteroatoms. The van der Waals surface area contributed by atoms with Gasteiger partial charge in [0.15, 0.2) is 23.9 Å². The number of methoxy groups -OCH3 is 1. The Morgan fingerprint density at radius 3 is 2.45 bits per heavy atom. The molecule has 12 nitrogen and oxygen atoms in total. The third-order valence-corrected chi connectivity index (χ3v) is 5.54. The molecule has 0 aromatic heterocycles. The Balaban J connectivity index is 1.84. The quantitative estimate of drug-likeness (QED) is 0.197. The summed E-state index contributed by atoms with van der Waals surface area (Å²) in [6.45, 7) is -1.98. The first kappa shape index (κ1) is 25.8. The van der Waals surface area contributed by atoms with Crippen LogP contribution < -0.4 is 9.47 Å². The van der Waals surface area contributed by atoms with Crippen LogP contribution in [0.5, 0.6) is 11.5 Å². The fraction of sp³-hybridized carbons (Fsp3) is 0.619. The van der Waals surface area contributed by atoms with Crippen LogP contribution in [0.2, 0.25) is 0 Å². The number of benzene rings is 1. The maximum atomic E-state index is 10.6. The van der Waals surface area contributed by atoms with E-state index in [9.17, 15) is 30.6 Å². The average molecular weight is 474 g/mol. The molecule has 0 radical (unpaired) electrons. The lowest BCUT2D eigenvalue weighted by atomic mass is 9.98. The van der Waals surface area contributed by atoms with Crippen molar-refractivity contribution in [3.05, 3.63) is 29.8 Å². The van der Waals surface area contributed by atoms with Gasteiger partial charge in [-0.2, -0.15) is 0 Å². The monoisotopic (exact) mass is 474 g/mol. The fourth-order valence-corrected chi connectivity index (χ4v) is 3.56. The molecule has 2 aliphatic heterocycles. The molecule has 2 aliphatic rings. The Hall–Kier alpha value is -1.84. The minimum atomic E-state index is -1.96. The maximum absolute atomic E-state index is 10.6. The Morgan fingerprint density at radius 1 is 1.09 bits per heavy atom. The topological polar surface area (TPSA) is 188 Å². The molecule has 33 heavy (non-hydrogen) atoms. The van der Waals surface area contributed by atoms with Crippen LogP contribution in [0.3, 0.4) is 0 Å². The molecule has 2 saturated heterocycles. The summed E-state index contributed by atoms with van der Waals surface area (Å²) in [6.07, 6.45) is -7.13. The molecule has 7 N–H and O–H groups in total. The van der Waals surface area contributed by atoms with E-state index in [2.05, 4.69) is 0 Å². The lowest BCUT2D eigenvalue weighted by molar-refractivity contribution is -0.319. The Morgan fingerprint density at radius 2 is 1.85 bits per heavy atom. The van der Waals surface area contributed by atoms with Crippen molar-refractivity contribution >= 4 is 6.08 Å². The molecule has 2 heterocycles. The minimum absolute atomic E-state index is 0.140. The standard InChI is InChI=1S/C21H30O12/c1-29-13-7-11(3-2-6-22)4-5-12(13)31-19-17(16(26)15(25)14(8-23)32-19)33-20-18(27)21(28,9-24)10-30-20/h2-5,7,14-20,22-28H,6,8-10H2,1H3/t14-,15-,16+,17-,18+,19-,20+,21-/m1/s1. The summed E-state index contributed by atoms with van der Waals surface area (Å²) in [5, 5.41) is 69.1. The highest BCUT2D eigenvalue weighted by Crippen LogP contribution is 2.35.